The van der Waals surface area contributed by atoms with Crippen LogP contribution in [0.4, 0.5) is 0 Å². The molecule has 2 nitrogen and oxygen atoms in total. The van der Waals surface area contributed by atoms with E-state index in [-0.39, 0.29) is 11.5 Å². The van der Waals surface area contributed by atoms with Gasteiger partial charge in [0.15, 0.2) is 0 Å². The van der Waals surface area contributed by atoms with Gasteiger partial charge in [-0.1, -0.05) is 35.0 Å². The van der Waals surface area contributed by atoms with Crippen molar-refractivity contribution >= 4 is 17.3 Å². The topological polar surface area (TPSA) is 21.6 Å². The fraction of sp³-hybridized carbons (Fsp3) is 0.417. The SMILES string of the molecule is Cc1cccc(C2=NOC(C(C)Cl)C2)c1. The van der Waals surface area contributed by atoms with Gasteiger partial charge in [0.2, 0.25) is 0 Å². The molecule has 1 aliphatic rings. The first-order valence-corrected chi connectivity index (χ1v) is 5.54. The molecule has 2 rings (SSSR count). The van der Waals surface area contributed by atoms with E-state index in [1.54, 1.807) is 0 Å². The lowest BCUT2D eigenvalue weighted by Crippen LogP contribution is -2.18. The number of oxime groups is 1. The maximum Gasteiger partial charge on any atom is 0.149 e. The van der Waals surface area contributed by atoms with E-state index >= 15 is 0 Å². The zero-order chi connectivity index (χ0) is 10.8. The number of nitrogens with zero attached hydrogens (tertiary/aromatic N) is 1. The molecule has 0 N–H and O–H groups in total. The van der Waals surface area contributed by atoms with E-state index in [9.17, 15) is 0 Å². The van der Waals surface area contributed by atoms with E-state index in [1.165, 1.54) is 5.56 Å². The molecule has 0 aromatic heterocycles. The van der Waals surface area contributed by atoms with E-state index in [4.69, 9.17) is 16.4 Å². The van der Waals surface area contributed by atoms with Gasteiger partial charge in [-0.15, -0.1) is 11.6 Å². The second-order valence-electron chi connectivity index (χ2n) is 3.93. The molecule has 1 aromatic rings. The molecule has 80 valence electrons. The summed E-state index contributed by atoms with van der Waals surface area (Å²) in [5, 5.41) is 4.08. The van der Waals surface area contributed by atoms with Gasteiger partial charge in [-0.05, 0) is 19.4 Å². The van der Waals surface area contributed by atoms with Crippen LogP contribution in [-0.4, -0.2) is 17.2 Å². The quantitative estimate of drug-likeness (QED) is 0.706. The average Bonchev–Trinajstić information content (AvgIpc) is 2.66. The van der Waals surface area contributed by atoms with Crippen molar-refractivity contribution in [1.82, 2.24) is 0 Å². The minimum absolute atomic E-state index is 0.00365. The zero-order valence-electron chi connectivity index (χ0n) is 8.90. The Morgan fingerprint density at radius 2 is 2.33 bits per heavy atom. The molecule has 1 aliphatic heterocycles. The fourth-order valence-corrected chi connectivity index (χ4v) is 1.77. The van der Waals surface area contributed by atoms with Crippen LogP contribution >= 0.6 is 11.6 Å². The lowest BCUT2D eigenvalue weighted by Gasteiger charge is -2.09. The van der Waals surface area contributed by atoms with Gasteiger partial charge >= 0.3 is 0 Å². The van der Waals surface area contributed by atoms with Gasteiger partial charge in [0.05, 0.1) is 11.1 Å². The Hall–Kier alpha value is -1.02. The summed E-state index contributed by atoms with van der Waals surface area (Å²) in [5.41, 5.74) is 3.36. The number of halogens is 1. The summed E-state index contributed by atoms with van der Waals surface area (Å²) in [6, 6.07) is 8.27. The third-order valence-electron chi connectivity index (χ3n) is 2.56. The number of hydrogen-bond donors (Lipinski definition) is 0. The lowest BCUT2D eigenvalue weighted by atomic mass is 10.0. The largest absolute Gasteiger partial charge is 0.390 e. The molecule has 0 spiro atoms. The van der Waals surface area contributed by atoms with Crippen molar-refractivity contribution in [2.24, 2.45) is 5.16 Å². The smallest absolute Gasteiger partial charge is 0.149 e. The van der Waals surface area contributed by atoms with Gasteiger partial charge in [0, 0.05) is 6.42 Å². The molecular weight excluding hydrogens is 210 g/mol. The summed E-state index contributed by atoms with van der Waals surface area (Å²) >= 11 is 5.97. The Kier molecular flexibility index (Phi) is 2.96. The first kappa shape index (κ1) is 10.5. The molecule has 1 heterocycles. The molecule has 0 aliphatic carbocycles. The van der Waals surface area contributed by atoms with Crippen LogP contribution in [0, 0.1) is 6.92 Å². The van der Waals surface area contributed by atoms with E-state index < -0.39 is 0 Å². The molecule has 3 heteroatoms. The van der Waals surface area contributed by atoms with Gasteiger partial charge in [-0.3, -0.25) is 0 Å². The summed E-state index contributed by atoms with van der Waals surface area (Å²) in [7, 11) is 0. The Balaban J connectivity index is 2.14. The van der Waals surface area contributed by atoms with Gasteiger partial charge in [-0.25, -0.2) is 0 Å². The van der Waals surface area contributed by atoms with Crippen LogP contribution in [0.25, 0.3) is 0 Å². The third kappa shape index (κ3) is 2.32. The molecule has 0 fully saturated rings. The summed E-state index contributed by atoms with van der Waals surface area (Å²) in [4.78, 5) is 5.28. The molecule has 0 saturated carbocycles. The average molecular weight is 224 g/mol. The van der Waals surface area contributed by atoms with E-state index in [1.807, 2.05) is 13.0 Å². The monoisotopic (exact) mass is 223 g/mol. The second-order valence-corrected chi connectivity index (χ2v) is 4.62. The maximum absolute atomic E-state index is 5.97. The van der Waals surface area contributed by atoms with Crippen molar-refractivity contribution in [3.05, 3.63) is 35.4 Å². The molecule has 2 unspecified atom stereocenters. The molecule has 0 saturated heterocycles. The van der Waals surface area contributed by atoms with Crippen LogP contribution in [0.2, 0.25) is 0 Å². The Morgan fingerprint density at radius 1 is 1.53 bits per heavy atom. The normalized spacial score (nSPS) is 22.1. The number of alkyl halides is 1. The predicted octanol–water partition coefficient (Wildman–Crippen LogP) is 3.12. The number of aryl methyl sites for hydroxylation is 1. The highest BCUT2D eigenvalue weighted by Gasteiger charge is 2.25. The van der Waals surface area contributed by atoms with Crippen LogP contribution in [0.15, 0.2) is 29.4 Å². The third-order valence-corrected chi connectivity index (χ3v) is 2.84. The van der Waals surface area contributed by atoms with Gasteiger partial charge < -0.3 is 4.84 Å². The molecular formula is C12H14ClNO. The highest BCUT2D eigenvalue weighted by Crippen LogP contribution is 2.21. The number of hydrogen-bond acceptors (Lipinski definition) is 2. The van der Waals surface area contributed by atoms with Gasteiger partial charge in [-0.2, -0.15) is 0 Å². The molecule has 2 atom stereocenters. The lowest BCUT2D eigenvalue weighted by molar-refractivity contribution is 0.0855. The van der Waals surface area contributed by atoms with Crippen LogP contribution in [-0.2, 0) is 4.84 Å². The first-order valence-electron chi connectivity index (χ1n) is 5.10. The molecule has 0 bridgehead atoms. The highest BCUT2D eigenvalue weighted by atomic mass is 35.5. The van der Waals surface area contributed by atoms with Crippen LogP contribution in [0.3, 0.4) is 0 Å². The molecule has 1 aromatic carbocycles. The van der Waals surface area contributed by atoms with Crippen molar-refractivity contribution < 1.29 is 4.84 Å². The summed E-state index contributed by atoms with van der Waals surface area (Å²) in [5.74, 6) is 0. The van der Waals surface area contributed by atoms with E-state index in [0.29, 0.717) is 0 Å². The van der Waals surface area contributed by atoms with Gasteiger partial charge in [0.1, 0.15) is 6.10 Å². The van der Waals surface area contributed by atoms with Crippen molar-refractivity contribution in [2.45, 2.75) is 31.7 Å². The summed E-state index contributed by atoms with van der Waals surface area (Å²) < 4.78 is 0. The molecule has 0 radical (unpaired) electrons. The number of benzene rings is 1. The highest BCUT2D eigenvalue weighted by molar-refractivity contribution is 6.21. The Bertz CT molecular complexity index is 387. The maximum atomic E-state index is 5.97. The zero-order valence-corrected chi connectivity index (χ0v) is 9.66. The van der Waals surface area contributed by atoms with Crippen molar-refractivity contribution in [3.63, 3.8) is 0 Å². The van der Waals surface area contributed by atoms with E-state index in [2.05, 4.69) is 30.3 Å². The van der Waals surface area contributed by atoms with Crippen molar-refractivity contribution in [2.75, 3.05) is 0 Å². The molecule has 15 heavy (non-hydrogen) atoms. The van der Waals surface area contributed by atoms with Gasteiger partial charge in [0.25, 0.3) is 0 Å². The van der Waals surface area contributed by atoms with Crippen LogP contribution in [0.5, 0.6) is 0 Å². The molecule has 0 amide bonds. The standard InChI is InChI=1S/C12H14ClNO/c1-8-4-3-5-10(6-8)11-7-12(9(2)13)15-14-11/h3-6,9,12H,7H2,1-2H3. The van der Waals surface area contributed by atoms with Crippen LogP contribution < -0.4 is 0 Å². The van der Waals surface area contributed by atoms with Crippen molar-refractivity contribution in [3.8, 4) is 0 Å². The summed E-state index contributed by atoms with van der Waals surface area (Å²) in [6.07, 6.45) is 0.816. The van der Waals surface area contributed by atoms with Crippen LogP contribution in [0.1, 0.15) is 24.5 Å². The second kappa shape index (κ2) is 4.23. The number of rotatable bonds is 2. The van der Waals surface area contributed by atoms with E-state index in [0.717, 1.165) is 17.7 Å². The predicted molar refractivity (Wildman–Crippen MR) is 62.5 cm³/mol. The first-order chi connectivity index (χ1) is 7.16. The Morgan fingerprint density at radius 3 is 2.93 bits per heavy atom. The minimum Gasteiger partial charge on any atom is -0.390 e. The van der Waals surface area contributed by atoms with Crippen molar-refractivity contribution in [1.29, 1.82) is 0 Å². The summed E-state index contributed by atoms with van der Waals surface area (Å²) in [6.45, 7) is 4.00. The fourth-order valence-electron chi connectivity index (χ4n) is 1.64. The minimum atomic E-state index is -0.00365. The Labute approximate surface area is 94.9 Å².